The lowest BCUT2D eigenvalue weighted by atomic mass is 10.0. The first-order valence-electron chi connectivity index (χ1n) is 6.10. The van der Waals surface area contributed by atoms with Gasteiger partial charge in [0.25, 0.3) is 0 Å². The Morgan fingerprint density at radius 2 is 2.29 bits per heavy atom. The normalized spacial score (nSPS) is 12.7. The third-order valence-electron chi connectivity index (χ3n) is 2.48. The SMILES string of the molecule is CC(C)C[C@@H](N)C(=O)NCCCn1cccn1. The second kappa shape index (κ2) is 7.06. The number of amides is 1. The van der Waals surface area contributed by atoms with Crippen molar-refractivity contribution >= 4 is 5.91 Å². The molecule has 17 heavy (non-hydrogen) atoms. The lowest BCUT2D eigenvalue weighted by molar-refractivity contribution is -0.122. The summed E-state index contributed by atoms with van der Waals surface area (Å²) in [6.45, 7) is 5.58. The molecule has 1 rings (SSSR count). The number of aromatic nitrogens is 2. The Labute approximate surface area is 102 Å². The first-order chi connectivity index (χ1) is 8.09. The maximum atomic E-state index is 11.6. The Hall–Kier alpha value is -1.36. The lowest BCUT2D eigenvalue weighted by Gasteiger charge is -2.14. The van der Waals surface area contributed by atoms with Crippen LogP contribution in [0.4, 0.5) is 0 Å². The molecule has 0 fully saturated rings. The smallest absolute Gasteiger partial charge is 0.236 e. The Morgan fingerprint density at radius 1 is 1.53 bits per heavy atom. The topological polar surface area (TPSA) is 72.9 Å². The quantitative estimate of drug-likeness (QED) is 0.689. The number of hydrogen-bond donors (Lipinski definition) is 2. The average molecular weight is 238 g/mol. The van der Waals surface area contributed by atoms with Gasteiger partial charge in [0.2, 0.25) is 5.91 Å². The first-order valence-corrected chi connectivity index (χ1v) is 6.10. The predicted molar refractivity (Wildman–Crippen MR) is 67.3 cm³/mol. The molecule has 0 radical (unpaired) electrons. The molecule has 0 unspecified atom stereocenters. The van der Waals surface area contributed by atoms with Crippen LogP contribution >= 0.6 is 0 Å². The molecule has 0 aliphatic rings. The van der Waals surface area contributed by atoms with E-state index < -0.39 is 0 Å². The van der Waals surface area contributed by atoms with E-state index in [1.54, 1.807) is 6.20 Å². The van der Waals surface area contributed by atoms with Crippen molar-refractivity contribution in [3.05, 3.63) is 18.5 Å². The van der Waals surface area contributed by atoms with Crippen molar-refractivity contribution in [2.24, 2.45) is 11.7 Å². The fourth-order valence-electron chi connectivity index (χ4n) is 1.63. The van der Waals surface area contributed by atoms with Crippen molar-refractivity contribution in [2.75, 3.05) is 6.54 Å². The van der Waals surface area contributed by atoms with E-state index in [9.17, 15) is 4.79 Å². The van der Waals surface area contributed by atoms with Crippen molar-refractivity contribution in [3.63, 3.8) is 0 Å². The van der Waals surface area contributed by atoms with Crippen molar-refractivity contribution in [1.82, 2.24) is 15.1 Å². The van der Waals surface area contributed by atoms with E-state index in [1.807, 2.05) is 16.9 Å². The van der Waals surface area contributed by atoms with Crippen LogP contribution in [-0.2, 0) is 11.3 Å². The summed E-state index contributed by atoms with van der Waals surface area (Å²) in [5.41, 5.74) is 5.77. The largest absolute Gasteiger partial charge is 0.355 e. The van der Waals surface area contributed by atoms with Crippen molar-refractivity contribution in [1.29, 1.82) is 0 Å². The van der Waals surface area contributed by atoms with Crippen LogP contribution in [0.5, 0.6) is 0 Å². The summed E-state index contributed by atoms with van der Waals surface area (Å²) in [4.78, 5) is 11.6. The fourth-order valence-corrected chi connectivity index (χ4v) is 1.63. The van der Waals surface area contributed by atoms with Gasteiger partial charge in [-0.2, -0.15) is 5.10 Å². The highest BCUT2D eigenvalue weighted by Crippen LogP contribution is 2.02. The Kier molecular flexibility index (Phi) is 5.69. The molecule has 0 aromatic carbocycles. The minimum atomic E-state index is -0.389. The van der Waals surface area contributed by atoms with E-state index in [-0.39, 0.29) is 11.9 Å². The summed E-state index contributed by atoms with van der Waals surface area (Å²) in [5.74, 6) is 0.388. The monoisotopic (exact) mass is 238 g/mol. The molecule has 0 aliphatic carbocycles. The molecule has 5 heteroatoms. The van der Waals surface area contributed by atoms with Gasteiger partial charge in [0.15, 0.2) is 0 Å². The van der Waals surface area contributed by atoms with Crippen LogP contribution in [0.2, 0.25) is 0 Å². The number of aryl methyl sites for hydroxylation is 1. The van der Waals surface area contributed by atoms with E-state index >= 15 is 0 Å². The van der Waals surface area contributed by atoms with E-state index in [4.69, 9.17) is 5.73 Å². The third-order valence-corrected chi connectivity index (χ3v) is 2.48. The highest BCUT2D eigenvalue weighted by molar-refractivity contribution is 5.81. The average Bonchev–Trinajstić information content (AvgIpc) is 2.75. The van der Waals surface area contributed by atoms with Gasteiger partial charge in [-0.3, -0.25) is 9.48 Å². The van der Waals surface area contributed by atoms with Crippen molar-refractivity contribution in [3.8, 4) is 0 Å². The fraction of sp³-hybridized carbons (Fsp3) is 0.667. The van der Waals surface area contributed by atoms with Gasteiger partial charge in [0.05, 0.1) is 6.04 Å². The highest BCUT2D eigenvalue weighted by Gasteiger charge is 2.13. The maximum Gasteiger partial charge on any atom is 0.236 e. The Balaban J connectivity index is 2.11. The minimum absolute atomic E-state index is 0.0563. The number of carbonyl (C=O) groups excluding carboxylic acids is 1. The Bertz CT molecular complexity index is 321. The number of hydrogen-bond acceptors (Lipinski definition) is 3. The summed E-state index contributed by atoms with van der Waals surface area (Å²) in [5, 5.41) is 6.93. The second-order valence-corrected chi connectivity index (χ2v) is 4.65. The molecule has 1 atom stereocenters. The van der Waals surface area contributed by atoms with Gasteiger partial charge in [0.1, 0.15) is 0 Å². The van der Waals surface area contributed by atoms with Crippen LogP contribution in [0.25, 0.3) is 0 Å². The van der Waals surface area contributed by atoms with E-state index in [2.05, 4.69) is 24.3 Å². The van der Waals surface area contributed by atoms with Gasteiger partial charge >= 0.3 is 0 Å². The molecular weight excluding hydrogens is 216 g/mol. The molecule has 0 aliphatic heterocycles. The zero-order valence-corrected chi connectivity index (χ0v) is 10.6. The van der Waals surface area contributed by atoms with E-state index in [0.29, 0.717) is 12.5 Å². The number of carbonyl (C=O) groups is 1. The van der Waals surface area contributed by atoms with Crippen LogP contribution in [0.3, 0.4) is 0 Å². The van der Waals surface area contributed by atoms with Gasteiger partial charge in [-0.25, -0.2) is 0 Å². The van der Waals surface area contributed by atoms with Crippen LogP contribution < -0.4 is 11.1 Å². The lowest BCUT2D eigenvalue weighted by Crippen LogP contribution is -2.41. The number of rotatable bonds is 7. The molecule has 1 heterocycles. The molecule has 0 saturated heterocycles. The molecule has 1 aromatic heterocycles. The summed E-state index contributed by atoms with van der Waals surface area (Å²) < 4.78 is 1.85. The van der Waals surface area contributed by atoms with Gasteiger partial charge < -0.3 is 11.1 Å². The summed E-state index contributed by atoms with van der Waals surface area (Å²) in [6.07, 6.45) is 5.25. The predicted octanol–water partition coefficient (Wildman–Crippen LogP) is 0.763. The summed E-state index contributed by atoms with van der Waals surface area (Å²) >= 11 is 0. The minimum Gasteiger partial charge on any atom is -0.355 e. The maximum absolute atomic E-state index is 11.6. The zero-order chi connectivity index (χ0) is 12.7. The molecule has 0 bridgehead atoms. The molecule has 0 saturated carbocycles. The van der Waals surface area contributed by atoms with Gasteiger partial charge in [-0.1, -0.05) is 13.8 Å². The van der Waals surface area contributed by atoms with Crippen molar-refractivity contribution in [2.45, 2.75) is 39.3 Å². The number of nitrogens with one attached hydrogen (secondary N) is 1. The summed E-state index contributed by atoms with van der Waals surface area (Å²) in [7, 11) is 0. The third kappa shape index (κ3) is 5.49. The standard InChI is InChI=1S/C12H22N4O/c1-10(2)9-11(13)12(17)14-5-3-7-16-8-4-6-15-16/h4,6,8,10-11H,3,5,7,9,13H2,1-2H3,(H,14,17)/t11-/m1/s1. The highest BCUT2D eigenvalue weighted by atomic mass is 16.2. The Morgan fingerprint density at radius 3 is 2.88 bits per heavy atom. The van der Waals surface area contributed by atoms with Crippen LogP contribution in [-0.4, -0.2) is 28.3 Å². The van der Waals surface area contributed by atoms with E-state index in [0.717, 1.165) is 19.4 Å². The first kappa shape index (κ1) is 13.7. The second-order valence-electron chi connectivity index (χ2n) is 4.65. The van der Waals surface area contributed by atoms with Crippen molar-refractivity contribution < 1.29 is 4.79 Å². The molecule has 1 aromatic rings. The molecule has 1 amide bonds. The molecule has 96 valence electrons. The van der Waals surface area contributed by atoms with Crippen LogP contribution in [0.15, 0.2) is 18.5 Å². The summed E-state index contributed by atoms with van der Waals surface area (Å²) in [6, 6.07) is 1.50. The van der Waals surface area contributed by atoms with E-state index in [1.165, 1.54) is 0 Å². The molecule has 3 N–H and O–H groups in total. The van der Waals surface area contributed by atoms with Crippen LogP contribution in [0, 0.1) is 5.92 Å². The van der Waals surface area contributed by atoms with Gasteiger partial charge in [-0.05, 0) is 24.8 Å². The van der Waals surface area contributed by atoms with Crippen LogP contribution in [0.1, 0.15) is 26.7 Å². The molecule has 0 spiro atoms. The van der Waals surface area contributed by atoms with Gasteiger partial charge in [-0.15, -0.1) is 0 Å². The molecular formula is C12H22N4O. The number of nitrogens with zero attached hydrogens (tertiary/aromatic N) is 2. The van der Waals surface area contributed by atoms with Gasteiger partial charge in [0, 0.05) is 25.5 Å². The number of nitrogens with two attached hydrogens (primary N) is 1. The molecule has 5 nitrogen and oxygen atoms in total. The zero-order valence-electron chi connectivity index (χ0n) is 10.6.